The summed E-state index contributed by atoms with van der Waals surface area (Å²) >= 11 is 1.76. The van der Waals surface area contributed by atoms with Crippen LogP contribution in [0.1, 0.15) is 36.4 Å². The first-order valence-electron chi connectivity index (χ1n) is 6.69. The summed E-state index contributed by atoms with van der Waals surface area (Å²) < 4.78 is 5.54. The van der Waals surface area contributed by atoms with E-state index in [2.05, 4.69) is 27.7 Å². The highest BCUT2D eigenvalue weighted by atomic mass is 32.1. The summed E-state index contributed by atoms with van der Waals surface area (Å²) in [6.45, 7) is 1.87. The van der Waals surface area contributed by atoms with Crippen LogP contribution in [-0.4, -0.2) is 21.3 Å². The molecule has 0 aliphatic heterocycles. The van der Waals surface area contributed by atoms with Gasteiger partial charge >= 0.3 is 5.97 Å². The van der Waals surface area contributed by atoms with Gasteiger partial charge in [0.15, 0.2) is 0 Å². The van der Waals surface area contributed by atoms with E-state index in [1.54, 1.807) is 11.3 Å². The maximum Gasteiger partial charge on any atom is 0.303 e. The van der Waals surface area contributed by atoms with Gasteiger partial charge in [-0.25, -0.2) is 0 Å². The Labute approximate surface area is 121 Å². The smallest absolute Gasteiger partial charge is 0.303 e. The Balaban J connectivity index is 1.75. The van der Waals surface area contributed by atoms with Gasteiger partial charge in [0.1, 0.15) is 0 Å². The average molecular weight is 294 g/mol. The summed E-state index contributed by atoms with van der Waals surface area (Å²) in [5.74, 6) is 0.379. The zero-order valence-electron chi connectivity index (χ0n) is 11.4. The molecule has 0 spiro atoms. The Kier molecular flexibility index (Phi) is 5.29. The molecule has 0 aliphatic rings. The topological polar surface area (TPSA) is 76.2 Å². The molecule has 0 saturated heterocycles. The van der Waals surface area contributed by atoms with Gasteiger partial charge in [-0.3, -0.25) is 4.79 Å². The van der Waals surface area contributed by atoms with Crippen LogP contribution in [0.5, 0.6) is 0 Å². The molecule has 0 bridgehead atoms. The van der Waals surface area contributed by atoms with Crippen molar-refractivity contribution in [1.82, 2.24) is 10.2 Å². The van der Waals surface area contributed by atoms with Crippen molar-refractivity contribution in [3.8, 4) is 0 Å². The quantitative estimate of drug-likeness (QED) is 0.810. The maximum absolute atomic E-state index is 10.6. The Bertz CT molecular complexity index is 536. The van der Waals surface area contributed by atoms with Crippen LogP contribution in [0.2, 0.25) is 0 Å². The van der Waals surface area contributed by atoms with E-state index in [1.807, 2.05) is 6.92 Å². The maximum atomic E-state index is 10.6. The number of rotatable bonds is 8. The van der Waals surface area contributed by atoms with Gasteiger partial charge in [-0.2, -0.15) is 0 Å². The predicted molar refractivity (Wildman–Crippen MR) is 75.8 cm³/mol. The molecule has 0 aromatic carbocycles. The van der Waals surface area contributed by atoms with Crippen LogP contribution in [0.15, 0.2) is 21.9 Å². The Hall–Kier alpha value is -1.69. The number of aliphatic carboxylic acids is 1. The zero-order chi connectivity index (χ0) is 14.4. The number of thiophene rings is 1. The number of hydrogen-bond acceptors (Lipinski definition) is 5. The third kappa shape index (κ3) is 4.77. The molecule has 2 heterocycles. The normalized spacial score (nSPS) is 12.4. The van der Waals surface area contributed by atoms with E-state index in [-0.39, 0.29) is 12.3 Å². The lowest BCUT2D eigenvalue weighted by atomic mass is 10.0. The molecular formula is C14H18N2O3S. The second kappa shape index (κ2) is 7.19. The minimum absolute atomic E-state index is 0.00641. The molecule has 1 N–H and O–H groups in total. The highest BCUT2D eigenvalue weighted by molar-refractivity contribution is 7.09. The highest BCUT2D eigenvalue weighted by Gasteiger charge is 2.13. The van der Waals surface area contributed by atoms with Crippen molar-refractivity contribution in [3.05, 3.63) is 34.2 Å². The van der Waals surface area contributed by atoms with E-state index in [1.165, 1.54) is 4.88 Å². The number of carboxylic acid groups (broad SMARTS) is 1. The Morgan fingerprint density at radius 2 is 2.20 bits per heavy atom. The molecule has 5 nitrogen and oxygen atoms in total. The van der Waals surface area contributed by atoms with Gasteiger partial charge in [0.25, 0.3) is 0 Å². The number of nitrogens with zero attached hydrogens (tertiary/aromatic N) is 2. The SMILES string of the molecule is CC(CC(=O)O)Cc1nnc(CCCc2cccs2)o1. The van der Waals surface area contributed by atoms with Crippen LogP contribution in [0.25, 0.3) is 0 Å². The van der Waals surface area contributed by atoms with Crippen LogP contribution in [0.3, 0.4) is 0 Å². The first-order valence-corrected chi connectivity index (χ1v) is 7.57. The van der Waals surface area contributed by atoms with Gasteiger partial charge in [-0.15, -0.1) is 21.5 Å². The van der Waals surface area contributed by atoms with Gasteiger partial charge in [-0.05, 0) is 30.2 Å². The van der Waals surface area contributed by atoms with Crippen LogP contribution in [0, 0.1) is 5.92 Å². The minimum Gasteiger partial charge on any atom is -0.481 e. The number of aryl methyl sites for hydroxylation is 2. The van der Waals surface area contributed by atoms with E-state index < -0.39 is 5.97 Å². The van der Waals surface area contributed by atoms with E-state index >= 15 is 0 Å². The van der Waals surface area contributed by atoms with Crippen molar-refractivity contribution in [1.29, 1.82) is 0 Å². The highest BCUT2D eigenvalue weighted by Crippen LogP contribution is 2.14. The second-order valence-electron chi connectivity index (χ2n) is 4.93. The standard InChI is InChI=1S/C14H18N2O3S/c1-10(9-14(17)18)8-13-16-15-12(19-13)6-2-4-11-5-3-7-20-11/h3,5,7,10H,2,4,6,8-9H2,1H3,(H,17,18). The van der Waals surface area contributed by atoms with E-state index in [4.69, 9.17) is 9.52 Å². The lowest BCUT2D eigenvalue weighted by molar-refractivity contribution is -0.137. The number of carboxylic acids is 1. The fourth-order valence-electron chi connectivity index (χ4n) is 2.01. The lowest BCUT2D eigenvalue weighted by Gasteiger charge is -2.03. The summed E-state index contributed by atoms with van der Waals surface area (Å²) in [5.41, 5.74) is 0. The van der Waals surface area contributed by atoms with Crippen LogP contribution >= 0.6 is 11.3 Å². The summed E-state index contributed by atoms with van der Waals surface area (Å²) in [4.78, 5) is 12.0. The van der Waals surface area contributed by atoms with Gasteiger partial charge in [0, 0.05) is 24.1 Å². The monoisotopic (exact) mass is 294 g/mol. The van der Waals surface area contributed by atoms with Gasteiger partial charge in [0.05, 0.1) is 0 Å². The average Bonchev–Trinajstić information content (AvgIpc) is 3.00. The fourth-order valence-corrected chi connectivity index (χ4v) is 2.76. The number of carbonyl (C=O) groups is 1. The number of aromatic nitrogens is 2. The summed E-state index contributed by atoms with van der Waals surface area (Å²) in [7, 11) is 0. The second-order valence-corrected chi connectivity index (χ2v) is 5.96. The molecule has 6 heteroatoms. The molecule has 20 heavy (non-hydrogen) atoms. The first kappa shape index (κ1) is 14.7. The van der Waals surface area contributed by atoms with Crippen LogP contribution < -0.4 is 0 Å². The molecular weight excluding hydrogens is 276 g/mol. The van der Waals surface area contributed by atoms with Crippen molar-refractivity contribution in [2.45, 2.75) is 39.0 Å². The Morgan fingerprint density at radius 1 is 1.40 bits per heavy atom. The van der Waals surface area contributed by atoms with Crippen LogP contribution in [0.4, 0.5) is 0 Å². The van der Waals surface area contributed by atoms with Crippen molar-refractivity contribution in [2.75, 3.05) is 0 Å². The minimum atomic E-state index is -0.798. The lowest BCUT2D eigenvalue weighted by Crippen LogP contribution is -2.07. The molecule has 2 aromatic heterocycles. The van der Waals surface area contributed by atoms with Crippen LogP contribution in [-0.2, 0) is 24.1 Å². The third-order valence-corrected chi connectivity index (χ3v) is 3.88. The Morgan fingerprint density at radius 3 is 2.90 bits per heavy atom. The molecule has 0 radical (unpaired) electrons. The zero-order valence-corrected chi connectivity index (χ0v) is 12.2. The molecule has 1 unspecified atom stereocenters. The van der Waals surface area contributed by atoms with E-state index in [0.29, 0.717) is 18.2 Å². The van der Waals surface area contributed by atoms with Gasteiger partial charge < -0.3 is 9.52 Å². The van der Waals surface area contributed by atoms with Crippen molar-refractivity contribution < 1.29 is 14.3 Å². The molecule has 0 saturated carbocycles. The molecule has 0 fully saturated rings. The predicted octanol–water partition coefficient (Wildman–Crippen LogP) is 2.96. The van der Waals surface area contributed by atoms with Crippen molar-refractivity contribution in [3.63, 3.8) is 0 Å². The largest absolute Gasteiger partial charge is 0.481 e. The molecule has 1 atom stereocenters. The molecule has 108 valence electrons. The summed E-state index contributed by atoms with van der Waals surface area (Å²) in [5, 5.41) is 18.8. The van der Waals surface area contributed by atoms with E-state index in [0.717, 1.165) is 19.3 Å². The molecule has 0 aliphatic carbocycles. The molecule has 2 aromatic rings. The van der Waals surface area contributed by atoms with Gasteiger partial charge in [0.2, 0.25) is 11.8 Å². The molecule has 2 rings (SSSR count). The first-order chi connectivity index (χ1) is 9.63. The summed E-state index contributed by atoms with van der Waals surface area (Å²) in [6, 6.07) is 4.17. The third-order valence-electron chi connectivity index (χ3n) is 2.95. The van der Waals surface area contributed by atoms with E-state index in [9.17, 15) is 4.79 Å². The summed E-state index contributed by atoms with van der Waals surface area (Å²) in [6.07, 6.45) is 3.40. The van der Waals surface area contributed by atoms with Crippen molar-refractivity contribution >= 4 is 17.3 Å². The fraction of sp³-hybridized carbons (Fsp3) is 0.500. The van der Waals surface area contributed by atoms with Crippen molar-refractivity contribution in [2.24, 2.45) is 5.92 Å². The van der Waals surface area contributed by atoms with Gasteiger partial charge in [-0.1, -0.05) is 13.0 Å². The number of hydrogen-bond donors (Lipinski definition) is 1. The molecule has 0 amide bonds.